The summed E-state index contributed by atoms with van der Waals surface area (Å²) in [5.41, 5.74) is 0.573. The summed E-state index contributed by atoms with van der Waals surface area (Å²) in [7, 11) is 0. The molecule has 2 aromatic rings. The number of halogens is 1. The van der Waals surface area contributed by atoms with E-state index in [1.807, 2.05) is 24.4 Å². The van der Waals surface area contributed by atoms with Crippen molar-refractivity contribution in [3.63, 3.8) is 0 Å². The van der Waals surface area contributed by atoms with Crippen molar-refractivity contribution in [1.29, 1.82) is 0 Å². The van der Waals surface area contributed by atoms with Crippen LogP contribution in [0.4, 0.5) is 0 Å². The Hall–Kier alpha value is -1.07. The lowest BCUT2D eigenvalue weighted by Gasteiger charge is -2.19. The minimum atomic E-state index is -0.0125. The lowest BCUT2D eigenvalue weighted by molar-refractivity contribution is 0.0752. The molecule has 0 N–H and O–H groups in total. The molecule has 3 nitrogen and oxygen atoms in total. The van der Waals surface area contributed by atoms with Gasteiger partial charge in [0.2, 0.25) is 0 Å². The SMILES string of the molecule is CCN(Cc1cccs1)C(=O)c1ccoc1Br. The zero-order chi connectivity index (χ0) is 12.3. The normalized spacial score (nSPS) is 10.5. The van der Waals surface area contributed by atoms with Crippen LogP contribution in [0.2, 0.25) is 0 Å². The number of amides is 1. The van der Waals surface area contributed by atoms with Crippen molar-refractivity contribution in [2.75, 3.05) is 6.54 Å². The van der Waals surface area contributed by atoms with Crippen molar-refractivity contribution in [2.24, 2.45) is 0 Å². The molecule has 0 aliphatic heterocycles. The number of rotatable bonds is 4. The van der Waals surface area contributed by atoms with Gasteiger partial charge in [0.1, 0.15) is 0 Å². The van der Waals surface area contributed by atoms with E-state index < -0.39 is 0 Å². The van der Waals surface area contributed by atoms with Gasteiger partial charge in [-0.25, -0.2) is 0 Å². The minimum absolute atomic E-state index is 0.0125. The fraction of sp³-hybridized carbons (Fsp3) is 0.250. The van der Waals surface area contributed by atoms with Gasteiger partial charge in [0.15, 0.2) is 4.67 Å². The fourth-order valence-electron chi connectivity index (χ4n) is 1.53. The molecule has 5 heteroatoms. The second-order valence-corrected chi connectivity index (χ2v) is 5.26. The van der Waals surface area contributed by atoms with E-state index in [1.54, 1.807) is 22.3 Å². The minimum Gasteiger partial charge on any atom is -0.457 e. The Morgan fingerprint density at radius 3 is 2.88 bits per heavy atom. The molecule has 0 unspecified atom stereocenters. The van der Waals surface area contributed by atoms with Gasteiger partial charge in [-0.2, -0.15) is 0 Å². The van der Waals surface area contributed by atoms with Gasteiger partial charge >= 0.3 is 0 Å². The third kappa shape index (κ3) is 2.79. The third-order valence-electron chi connectivity index (χ3n) is 2.44. The summed E-state index contributed by atoms with van der Waals surface area (Å²) < 4.78 is 5.58. The molecule has 0 fully saturated rings. The number of carbonyl (C=O) groups excluding carboxylic acids is 1. The zero-order valence-corrected chi connectivity index (χ0v) is 11.8. The molecule has 0 aromatic carbocycles. The van der Waals surface area contributed by atoms with Crippen LogP contribution in [0.3, 0.4) is 0 Å². The van der Waals surface area contributed by atoms with Crippen molar-refractivity contribution in [2.45, 2.75) is 13.5 Å². The number of hydrogen-bond donors (Lipinski definition) is 0. The van der Waals surface area contributed by atoms with E-state index in [1.165, 1.54) is 11.1 Å². The molecule has 0 aliphatic rings. The zero-order valence-electron chi connectivity index (χ0n) is 9.35. The van der Waals surface area contributed by atoms with Gasteiger partial charge in [0.25, 0.3) is 5.91 Å². The first-order valence-corrected chi connectivity index (χ1v) is 6.94. The molecule has 0 saturated heterocycles. The molecular formula is C12H12BrNO2S. The van der Waals surface area contributed by atoms with E-state index >= 15 is 0 Å². The number of nitrogens with zero attached hydrogens (tertiary/aromatic N) is 1. The number of furan rings is 1. The Morgan fingerprint density at radius 1 is 1.53 bits per heavy atom. The van der Waals surface area contributed by atoms with Crippen molar-refractivity contribution in [3.8, 4) is 0 Å². The van der Waals surface area contributed by atoms with Crippen LogP contribution in [0.25, 0.3) is 0 Å². The molecule has 0 saturated carbocycles. The monoisotopic (exact) mass is 313 g/mol. The van der Waals surface area contributed by atoms with E-state index in [0.29, 0.717) is 23.3 Å². The van der Waals surface area contributed by atoms with Crippen LogP contribution in [0.15, 0.2) is 38.9 Å². The maximum Gasteiger partial charge on any atom is 0.258 e. The highest BCUT2D eigenvalue weighted by atomic mass is 79.9. The largest absolute Gasteiger partial charge is 0.457 e. The second kappa shape index (κ2) is 5.51. The summed E-state index contributed by atoms with van der Waals surface area (Å²) in [6.07, 6.45) is 1.51. The van der Waals surface area contributed by atoms with E-state index in [4.69, 9.17) is 4.42 Å². The van der Waals surface area contributed by atoms with Crippen LogP contribution in [0.1, 0.15) is 22.2 Å². The van der Waals surface area contributed by atoms with Crippen molar-refractivity contribution in [3.05, 3.63) is 45.0 Å². The van der Waals surface area contributed by atoms with Crippen LogP contribution in [-0.2, 0) is 6.54 Å². The van der Waals surface area contributed by atoms with E-state index in [9.17, 15) is 4.79 Å². The van der Waals surface area contributed by atoms with Gasteiger partial charge in [-0.3, -0.25) is 4.79 Å². The first-order valence-electron chi connectivity index (χ1n) is 5.27. The number of hydrogen-bond acceptors (Lipinski definition) is 3. The molecule has 0 bridgehead atoms. The molecule has 90 valence electrons. The first-order chi connectivity index (χ1) is 8.22. The van der Waals surface area contributed by atoms with Crippen LogP contribution in [0.5, 0.6) is 0 Å². The van der Waals surface area contributed by atoms with Crippen LogP contribution >= 0.6 is 27.3 Å². The van der Waals surface area contributed by atoms with Gasteiger partial charge in [-0.1, -0.05) is 6.07 Å². The lowest BCUT2D eigenvalue weighted by atomic mass is 10.3. The molecule has 2 aromatic heterocycles. The Bertz CT molecular complexity index is 492. The highest BCUT2D eigenvalue weighted by Gasteiger charge is 2.19. The number of carbonyl (C=O) groups is 1. The third-order valence-corrected chi connectivity index (χ3v) is 3.92. The van der Waals surface area contributed by atoms with Gasteiger partial charge in [-0.15, -0.1) is 11.3 Å². The van der Waals surface area contributed by atoms with Gasteiger partial charge in [0, 0.05) is 11.4 Å². The Kier molecular flexibility index (Phi) is 4.02. The topological polar surface area (TPSA) is 33.5 Å². The smallest absolute Gasteiger partial charge is 0.258 e. The van der Waals surface area contributed by atoms with Gasteiger partial charge in [0.05, 0.1) is 18.4 Å². The molecule has 0 radical (unpaired) electrons. The summed E-state index contributed by atoms with van der Waals surface area (Å²) in [4.78, 5) is 15.2. The summed E-state index contributed by atoms with van der Waals surface area (Å²) >= 11 is 4.89. The fourth-order valence-corrected chi connectivity index (χ4v) is 2.66. The Morgan fingerprint density at radius 2 is 2.35 bits per heavy atom. The van der Waals surface area contributed by atoms with E-state index in [0.717, 1.165) is 0 Å². The highest BCUT2D eigenvalue weighted by Crippen LogP contribution is 2.21. The second-order valence-electron chi connectivity index (χ2n) is 3.51. The van der Waals surface area contributed by atoms with Crippen LogP contribution < -0.4 is 0 Å². The first kappa shape index (κ1) is 12.4. The quantitative estimate of drug-likeness (QED) is 0.861. The summed E-state index contributed by atoms with van der Waals surface area (Å²) in [5.74, 6) is -0.0125. The standard InChI is InChI=1S/C12H12BrNO2S/c1-2-14(8-9-4-3-7-17-9)12(15)10-5-6-16-11(10)13/h3-7H,2,8H2,1H3. The van der Waals surface area contributed by atoms with E-state index in [-0.39, 0.29) is 5.91 Å². The average Bonchev–Trinajstić information content (AvgIpc) is 2.96. The van der Waals surface area contributed by atoms with Crippen molar-refractivity contribution < 1.29 is 9.21 Å². The summed E-state index contributed by atoms with van der Waals surface area (Å²) in [5, 5.41) is 2.02. The Labute approximate surface area is 112 Å². The number of thiophene rings is 1. The van der Waals surface area contributed by atoms with Crippen molar-refractivity contribution in [1.82, 2.24) is 4.90 Å². The predicted octanol–water partition coefficient (Wildman–Crippen LogP) is 3.77. The lowest BCUT2D eigenvalue weighted by Crippen LogP contribution is -2.29. The molecule has 2 rings (SSSR count). The Balaban J connectivity index is 2.14. The van der Waals surface area contributed by atoms with Crippen LogP contribution in [0, 0.1) is 0 Å². The summed E-state index contributed by atoms with van der Waals surface area (Å²) in [6.45, 7) is 3.29. The average molecular weight is 314 g/mol. The van der Waals surface area contributed by atoms with Crippen LogP contribution in [-0.4, -0.2) is 17.4 Å². The maximum atomic E-state index is 12.2. The molecule has 17 heavy (non-hydrogen) atoms. The van der Waals surface area contributed by atoms with Gasteiger partial charge in [-0.05, 0) is 40.4 Å². The summed E-state index contributed by atoms with van der Waals surface area (Å²) in [6, 6.07) is 5.71. The molecule has 0 atom stereocenters. The highest BCUT2D eigenvalue weighted by molar-refractivity contribution is 9.10. The van der Waals surface area contributed by atoms with Crippen molar-refractivity contribution >= 4 is 33.2 Å². The molecule has 0 spiro atoms. The maximum absolute atomic E-state index is 12.2. The molecule has 2 heterocycles. The predicted molar refractivity (Wildman–Crippen MR) is 71.1 cm³/mol. The van der Waals surface area contributed by atoms with Gasteiger partial charge < -0.3 is 9.32 Å². The molecular weight excluding hydrogens is 302 g/mol. The molecule has 1 amide bonds. The molecule has 0 aliphatic carbocycles. The van der Waals surface area contributed by atoms with E-state index in [2.05, 4.69) is 15.9 Å².